The Bertz CT molecular complexity index is 308. The first-order valence-corrected chi connectivity index (χ1v) is 8.58. The van der Waals surface area contributed by atoms with Gasteiger partial charge in [0, 0.05) is 19.0 Å². The molecule has 3 aliphatic rings. The van der Waals surface area contributed by atoms with E-state index in [0.717, 1.165) is 25.9 Å². The van der Waals surface area contributed by atoms with Gasteiger partial charge in [0.15, 0.2) is 0 Å². The highest BCUT2D eigenvalue weighted by Crippen LogP contribution is 2.43. The number of amides is 1. The van der Waals surface area contributed by atoms with Gasteiger partial charge in [0.1, 0.15) is 0 Å². The highest BCUT2D eigenvalue weighted by Gasteiger charge is 2.39. The Morgan fingerprint density at radius 2 is 1.47 bits per heavy atom. The molecule has 2 saturated carbocycles. The van der Waals surface area contributed by atoms with Crippen LogP contribution in [0.2, 0.25) is 0 Å². The minimum Gasteiger partial charge on any atom is -0.342 e. The van der Waals surface area contributed by atoms with Crippen molar-refractivity contribution in [1.29, 1.82) is 0 Å². The van der Waals surface area contributed by atoms with Crippen LogP contribution in [-0.2, 0) is 4.79 Å². The van der Waals surface area contributed by atoms with E-state index in [1.165, 1.54) is 64.2 Å². The highest BCUT2D eigenvalue weighted by molar-refractivity contribution is 5.79. The minimum absolute atomic E-state index is 0.368. The van der Waals surface area contributed by atoms with E-state index in [9.17, 15) is 4.79 Å². The van der Waals surface area contributed by atoms with Gasteiger partial charge in [-0.15, -0.1) is 0 Å². The van der Waals surface area contributed by atoms with E-state index in [0.29, 0.717) is 17.2 Å². The SMILES string of the molecule is O=C(C1CCCCC1)N1CCCC2(CCCCC2)C1. The molecule has 108 valence electrons. The van der Waals surface area contributed by atoms with Gasteiger partial charge in [0.2, 0.25) is 5.91 Å². The summed E-state index contributed by atoms with van der Waals surface area (Å²) in [5, 5.41) is 0. The summed E-state index contributed by atoms with van der Waals surface area (Å²) < 4.78 is 0. The average molecular weight is 263 g/mol. The van der Waals surface area contributed by atoms with Crippen LogP contribution >= 0.6 is 0 Å². The van der Waals surface area contributed by atoms with Gasteiger partial charge in [-0.2, -0.15) is 0 Å². The van der Waals surface area contributed by atoms with Crippen LogP contribution in [0, 0.1) is 11.3 Å². The van der Waals surface area contributed by atoms with E-state index < -0.39 is 0 Å². The van der Waals surface area contributed by atoms with Gasteiger partial charge in [0.25, 0.3) is 0 Å². The summed E-state index contributed by atoms with van der Waals surface area (Å²) in [5.74, 6) is 0.872. The van der Waals surface area contributed by atoms with Gasteiger partial charge in [-0.1, -0.05) is 38.5 Å². The summed E-state index contributed by atoms with van der Waals surface area (Å²) in [7, 11) is 0. The number of carbonyl (C=O) groups excluding carboxylic acids is 1. The molecule has 1 amide bonds. The molecule has 0 bridgehead atoms. The zero-order chi connectivity index (χ0) is 13.1. The zero-order valence-electron chi connectivity index (χ0n) is 12.3. The van der Waals surface area contributed by atoms with Crippen LogP contribution in [0.15, 0.2) is 0 Å². The molecule has 3 fully saturated rings. The highest BCUT2D eigenvalue weighted by atomic mass is 16.2. The maximum Gasteiger partial charge on any atom is 0.225 e. The number of carbonyl (C=O) groups is 1. The van der Waals surface area contributed by atoms with Gasteiger partial charge >= 0.3 is 0 Å². The standard InChI is InChI=1S/C17H29NO/c19-16(15-8-3-1-4-9-15)18-13-7-12-17(14-18)10-5-2-6-11-17/h15H,1-14H2. The summed E-state index contributed by atoms with van der Waals surface area (Å²) in [6.07, 6.45) is 15.8. The van der Waals surface area contributed by atoms with Gasteiger partial charge in [-0.3, -0.25) is 4.79 Å². The second kappa shape index (κ2) is 5.85. The molecule has 0 atom stereocenters. The fourth-order valence-corrected chi connectivity index (χ4v) is 4.71. The molecule has 19 heavy (non-hydrogen) atoms. The van der Waals surface area contributed by atoms with Crippen molar-refractivity contribution in [1.82, 2.24) is 4.90 Å². The molecule has 2 nitrogen and oxygen atoms in total. The number of piperidine rings is 1. The Morgan fingerprint density at radius 1 is 0.842 bits per heavy atom. The Morgan fingerprint density at radius 3 is 2.21 bits per heavy atom. The van der Waals surface area contributed by atoms with Crippen molar-refractivity contribution in [3.05, 3.63) is 0 Å². The van der Waals surface area contributed by atoms with Gasteiger partial charge in [-0.25, -0.2) is 0 Å². The van der Waals surface area contributed by atoms with Crippen LogP contribution in [0.4, 0.5) is 0 Å². The number of nitrogens with zero attached hydrogens (tertiary/aromatic N) is 1. The van der Waals surface area contributed by atoms with Crippen molar-refractivity contribution in [2.75, 3.05) is 13.1 Å². The molecule has 0 N–H and O–H groups in total. The molecule has 2 heteroatoms. The van der Waals surface area contributed by atoms with Crippen molar-refractivity contribution < 1.29 is 4.79 Å². The molecule has 1 aliphatic heterocycles. The first-order chi connectivity index (χ1) is 9.29. The average Bonchev–Trinajstić information content (AvgIpc) is 2.48. The van der Waals surface area contributed by atoms with E-state index in [2.05, 4.69) is 4.90 Å². The van der Waals surface area contributed by atoms with Crippen LogP contribution < -0.4 is 0 Å². The van der Waals surface area contributed by atoms with Crippen LogP contribution in [0.25, 0.3) is 0 Å². The Hall–Kier alpha value is -0.530. The number of hydrogen-bond acceptors (Lipinski definition) is 1. The van der Waals surface area contributed by atoms with Crippen LogP contribution in [-0.4, -0.2) is 23.9 Å². The predicted molar refractivity (Wildman–Crippen MR) is 77.9 cm³/mol. The number of hydrogen-bond donors (Lipinski definition) is 0. The summed E-state index contributed by atoms with van der Waals surface area (Å²) in [6.45, 7) is 2.12. The van der Waals surface area contributed by atoms with Gasteiger partial charge in [0.05, 0.1) is 0 Å². The second-order valence-corrected chi connectivity index (χ2v) is 7.26. The lowest BCUT2D eigenvalue weighted by Crippen LogP contribution is -2.49. The second-order valence-electron chi connectivity index (χ2n) is 7.26. The van der Waals surface area contributed by atoms with E-state index in [4.69, 9.17) is 0 Å². The molecule has 3 rings (SSSR count). The molecule has 0 aromatic carbocycles. The fraction of sp³-hybridized carbons (Fsp3) is 0.941. The molecule has 0 aromatic heterocycles. The van der Waals surface area contributed by atoms with Crippen molar-refractivity contribution in [3.63, 3.8) is 0 Å². The van der Waals surface area contributed by atoms with Gasteiger partial charge in [-0.05, 0) is 43.9 Å². The van der Waals surface area contributed by atoms with Crippen molar-refractivity contribution in [3.8, 4) is 0 Å². The van der Waals surface area contributed by atoms with E-state index in [1.54, 1.807) is 0 Å². The van der Waals surface area contributed by atoms with Crippen LogP contribution in [0.3, 0.4) is 0 Å². The lowest BCUT2D eigenvalue weighted by Gasteiger charge is -2.46. The molecule has 0 radical (unpaired) electrons. The molecule has 0 aromatic rings. The third-order valence-corrected chi connectivity index (χ3v) is 5.84. The maximum atomic E-state index is 12.7. The monoisotopic (exact) mass is 263 g/mol. The first kappa shape index (κ1) is 13.5. The summed E-state index contributed by atoms with van der Waals surface area (Å²) in [4.78, 5) is 15.0. The van der Waals surface area contributed by atoms with Crippen molar-refractivity contribution >= 4 is 5.91 Å². The lowest BCUT2D eigenvalue weighted by atomic mass is 9.69. The Balaban J connectivity index is 1.62. The molecule has 1 saturated heterocycles. The quantitative estimate of drug-likeness (QED) is 0.696. The third kappa shape index (κ3) is 2.98. The number of likely N-dealkylation sites (tertiary alicyclic amines) is 1. The lowest BCUT2D eigenvalue weighted by molar-refractivity contribution is -0.140. The zero-order valence-corrected chi connectivity index (χ0v) is 12.3. The largest absolute Gasteiger partial charge is 0.342 e. The molecule has 1 spiro atoms. The summed E-state index contributed by atoms with van der Waals surface area (Å²) >= 11 is 0. The summed E-state index contributed by atoms with van der Waals surface area (Å²) in [6, 6.07) is 0. The van der Waals surface area contributed by atoms with E-state index in [1.807, 2.05) is 0 Å². The normalized spacial score (nSPS) is 28.5. The first-order valence-electron chi connectivity index (χ1n) is 8.58. The molecule has 1 heterocycles. The molecule has 0 unspecified atom stereocenters. The smallest absolute Gasteiger partial charge is 0.225 e. The third-order valence-electron chi connectivity index (χ3n) is 5.84. The Kier molecular flexibility index (Phi) is 4.14. The van der Waals surface area contributed by atoms with Gasteiger partial charge < -0.3 is 4.90 Å². The predicted octanol–water partition coefficient (Wildman–Crippen LogP) is 4.14. The Labute approximate surface area is 117 Å². The fourth-order valence-electron chi connectivity index (χ4n) is 4.71. The van der Waals surface area contributed by atoms with E-state index >= 15 is 0 Å². The van der Waals surface area contributed by atoms with Crippen LogP contribution in [0.5, 0.6) is 0 Å². The van der Waals surface area contributed by atoms with Crippen molar-refractivity contribution in [2.24, 2.45) is 11.3 Å². The minimum atomic E-state index is 0.368. The topological polar surface area (TPSA) is 20.3 Å². The van der Waals surface area contributed by atoms with Crippen molar-refractivity contribution in [2.45, 2.75) is 77.0 Å². The number of rotatable bonds is 1. The summed E-state index contributed by atoms with van der Waals surface area (Å²) in [5.41, 5.74) is 0.515. The molecular formula is C17H29NO. The van der Waals surface area contributed by atoms with E-state index in [-0.39, 0.29) is 0 Å². The van der Waals surface area contributed by atoms with Crippen LogP contribution in [0.1, 0.15) is 77.0 Å². The maximum absolute atomic E-state index is 12.7. The molecule has 2 aliphatic carbocycles. The molecular weight excluding hydrogens is 234 g/mol.